The summed E-state index contributed by atoms with van der Waals surface area (Å²) in [6.07, 6.45) is 0. The van der Waals surface area contributed by atoms with Crippen LogP contribution in [0.4, 0.5) is 10.6 Å². The van der Waals surface area contributed by atoms with Crippen molar-refractivity contribution in [2.45, 2.75) is 0 Å². The molecule has 1 heterocycles. The molecule has 0 fully saturated rings. The minimum absolute atomic E-state index is 0.192. The van der Waals surface area contributed by atoms with Crippen LogP contribution >= 0.6 is 0 Å². The number of benzene rings is 1. The molecule has 2 aromatic rings. The fourth-order valence-electron chi connectivity index (χ4n) is 1.47. The van der Waals surface area contributed by atoms with E-state index >= 15 is 0 Å². The molecular formula is C10H9N3O3. The van der Waals surface area contributed by atoms with E-state index in [2.05, 4.69) is 10.3 Å². The number of anilines is 1. The van der Waals surface area contributed by atoms with Crippen molar-refractivity contribution in [1.29, 1.82) is 0 Å². The second kappa shape index (κ2) is 3.58. The van der Waals surface area contributed by atoms with Crippen LogP contribution in [0.3, 0.4) is 0 Å². The number of amides is 2. The molecule has 1 aromatic heterocycles. The first kappa shape index (κ1) is 10.0. The van der Waals surface area contributed by atoms with E-state index in [4.69, 9.17) is 10.8 Å². The molecule has 0 radical (unpaired) electrons. The van der Waals surface area contributed by atoms with Crippen molar-refractivity contribution in [2.75, 3.05) is 5.32 Å². The minimum Gasteiger partial charge on any atom is -0.478 e. The predicted octanol–water partition coefficient (Wildman–Crippen LogP) is 1.36. The van der Waals surface area contributed by atoms with Gasteiger partial charge >= 0.3 is 12.0 Å². The molecule has 6 heteroatoms. The second-order valence-corrected chi connectivity index (χ2v) is 3.28. The third kappa shape index (κ3) is 1.81. The summed E-state index contributed by atoms with van der Waals surface area (Å²) in [5.41, 5.74) is 5.88. The highest BCUT2D eigenvalue weighted by Gasteiger charge is 2.06. The zero-order valence-electron chi connectivity index (χ0n) is 8.15. The molecule has 0 atom stereocenters. The van der Waals surface area contributed by atoms with Crippen molar-refractivity contribution in [1.82, 2.24) is 4.98 Å². The average Bonchev–Trinajstić information content (AvgIpc) is 2.56. The number of nitrogens with two attached hydrogens (primary N) is 1. The number of urea groups is 1. The Kier molecular flexibility index (Phi) is 2.24. The van der Waals surface area contributed by atoms with Gasteiger partial charge < -0.3 is 15.8 Å². The van der Waals surface area contributed by atoms with Gasteiger partial charge in [0.15, 0.2) is 0 Å². The summed E-state index contributed by atoms with van der Waals surface area (Å²) in [5.74, 6) is -0.558. The van der Waals surface area contributed by atoms with Crippen LogP contribution in [0.25, 0.3) is 10.9 Å². The van der Waals surface area contributed by atoms with Crippen LogP contribution in [0.2, 0.25) is 0 Å². The number of carbonyl (C=O) groups excluding carboxylic acids is 1. The molecule has 0 aliphatic carbocycles. The summed E-state index contributed by atoms with van der Waals surface area (Å²) >= 11 is 0. The van der Waals surface area contributed by atoms with E-state index in [0.717, 1.165) is 5.52 Å². The van der Waals surface area contributed by atoms with E-state index in [9.17, 15) is 9.59 Å². The predicted molar refractivity (Wildman–Crippen MR) is 58.5 cm³/mol. The van der Waals surface area contributed by atoms with Gasteiger partial charge in [-0.15, -0.1) is 0 Å². The lowest BCUT2D eigenvalue weighted by Gasteiger charge is -1.94. The van der Waals surface area contributed by atoms with E-state index in [1.165, 1.54) is 12.1 Å². The summed E-state index contributed by atoms with van der Waals surface area (Å²) in [5, 5.41) is 11.9. The lowest BCUT2D eigenvalue weighted by Crippen LogP contribution is -2.19. The Morgan fingerprint density at radius 2 is 2.06 bits per heavy atom. The molecule has 0 aliphatic rings. The highest BCUT2D eigenvalue weighted by Crippen LogP contribution is 2.20. The third-order valence-electron chi connectivity index (χ3n) is 2.13. The third-order valence-corrected chi connectivity index (χ3v) is 2.13. The first-order valence-electron chi connectivity index (χ1n) is 4.49. The van der Waals surface area contributed by atoms with E-state index in [1.807, 2.05) is 0 Å². The number of fused-ring (bicyclic) bond motifs is 1. The molecule has 5 N–H and O–H groups in total. The van der Waals surface area contributed by atoms with Crippen LogP contribution in [-0.4, -0.2) is 22.1 Å². The molecular weight excluding hydrogens is 210 g/mol. The Morgan fingerprint density at radius 1 is 1.31 bits per heavy atom. The van der Waals surface area contributed by atoms with Crippen molar-refractivity contribution < 1.29 is 14.7 Å². The van der Waals surface area contributed by atoms with Crippen LogP contribution in [0, 0.1) is 0 Å². The zero-order valence-corrected chi connectivity index (χ0v) is 8.15. The van der Waals surface area contributed by atoms with Gasteiger partial charge in [0.1, 0.15) is 5.82 Å². The number of carbonyl (C=O) groups is 2. The lowest BCUT2D eigenvalue weighted by atomic mass is 10.1. The Morgan fingerprint density at radius 3 is 2.69 bits per heavy atom. The molecule has 0 saturated heterocycles. The number of aromatic carboxylic acids is 1. The maximum atomic E-state index is 10.7. The van der Waals surface area contributed by atoms with Gasteiger partial charge in [-0.1, -0.05) is 0 Å². The molecule has 0 saturated carbocycles. The number of primary amides is 1. The number of hydrogen-bond donors (Lipinski definition) is 4. The molecule has 2 amide bonds. The van der Waals surface area contributed by atoms with Crippen molar-refractivity contribution in [3.63, 3.8) is 0 Å². The van der Waals surface area contributed by atoms with Gasteiger partial charge in [-0.2, -0.15) is 0 Å². The first-order valence-corrected chi connectivity index (χ1v) is 4.49. The number of carboxylic acid groups (broad SMARTS) is 1. The van der Waals surface area contributed by atoms with E-state index in [-0.39, 0.29) is 5.56 Å². The minimum atomic E-state index is -0.993. The summed E-state index contributed by atoms with van der Waals surface area (Å²) in [6.45, 7) is 0. The Hall–Kier alpha value is -2.50. The standard InChI is InChI=1S/C10H9N3O3/c11-10(16)13-8-4-6-3-5(9(14)15)1-2-7(6)12-8/h1-4,12H,(H,14,15)(H3,11,13,16). The number of aromatic amines is 1. The number of aromatic nitrogens is 1. The smallest absolute Gasteiger partial charge is 0.335 e. The summed E-state index contributed by atoms with van der Waals surface area (Å²) in [7, 11) is 0. The maximum absolute atomic E-state index is 10.7. The average molecular weight is 219 g/mol. The van der Waals surface area contributed by atoms with E-state index in [1.54, 1.807) is 12.1 Å². The normalized spacial score (nSPS) is 10.2. The molecule has 2 rings (SSSR count). The van der Waals surface area contributed by atoms with Gasteiger partial charge in [0.25, 0.3) is 0 Å². The van der Waals surface area contributed by atoms with Gasteiger partial charge in [0.05, 0.1) is 5.56 Å². The fourth-order valence-corrected chi connectivity index (χ4v) is 1.47. The van der Waals surface area contributed by atoms with E-state index in [0.29, 0.717) is 11.2 Å². The second-order valence-electron chi connectivity index (χ2n) is 3.28. The molecule has 0 spiro atoms. The number of rotatable bonds is 2. The summed E-state index contributed by atoms with van der Waals surface area (Å²) in [4.78, 5) is 24.2. The SMILES string of the molecule is NC(=O)Nc1cc2cc(C(=O)O)ccc2[nH]1. The first-order chi connectivity index (χ1) is 7.56. The molecule has 0 aliphatic heterocycles. The Bertz CT molecular complexity index is 574. The quantitative estimate of drug-likeness (QED) is 0.612. The summed E-state index contributed by atoms with van der Waals surface area (Å²) < 4.78 is 0. The van der Waals surface area contributed by atoms with Crippen LogP contribution in [-0.2, 0) is 0 Å². The number of H-pyrrole nitrogens is 1. The zero-order chi connectivity index (χ0) is 11.7. The molecule has 16 heavy (non-hydrogen) atoms. The fraction of sp³-hybridized carbons (Fsp3) is 0. The Balaban J connectivity index is 2.45. The van der Waals surface area contributed by atoms with E-state index < -0.39 is 12.0 Å². The van der Waals surface area contributed by atoms with Crippen molar-refractivity contribution in [3.8, 4) is 0 Å². The molecule has 82 valence electrons. The van der Waals surface area contributed by atoms with Gasteiger partial charge in [-0.3, -0.25) is 5.32 Å². The van der Waals surface area contributed by atoms with Crippen LogP contribution in [0.15, 0.2) is 24.3 Å². The Labute approximate surface area is 90.1 Å². The van der Waals surface area contributed by atoms with Crippen LogP contribution < -0.4 is 11.1 Å². The van der Waals surface area contributed by atoms with Gasteiger partial charge in [0, 0.05) is 10.9 Å². The van der Waals surface area contributed by atoms with Crippen molar-refractivity contribution in [2.24, 2.45) is 5.73 Å². The van der Waals surface area contributed by atoms with Crippen molar-refractivity contribution >= 4 is 28.7 Å². The molecule has 1 aromatic carbocycles. The highest BCUT2D eigenvalue weighted by molar-refractivity contribution is 5.96. The molecule has 6 nitrogen and oxygen atoms in total. The van der Waals surface area contributed by atoms with Crippen molar-refractivity contribution in [3.05, 3.63) is 29.8 Å². The maximum Gasteiger partial charge on any atom is 0.335 e. The number of hydrogen-bond acceptors (Lipinski definition) is 2. The topological polar surface area (TPSA) is 108 Å². The monoisotopic (exact) mass is 219 g/mol. The van der Waals surface area contributed by atoms with Gasteiger partial charge in [0.2, 0.25) is 0 Å². The largest absolute Gasteiger partial charge is 0.478 e. The van der Waals surface area contributed by atoms with Crippen LogP contribution in [0.1, 0.15) is 10.4 Å². The number of carboxylic acids is 1. The lowest BCUT2D eigenvalue weighted by molar-refractivity contribution is 0.0697. The van der Waals surface area contributed by atoms with Gasteiger partial charge in [-0.25, -0.2) is 9.59 Å². The number of nitrogens with one attached hydrogen (secondary N) is 2. The molecule has 0 bridgehead atoms. The molecule has 0 unspecified atom stereocenters. The summed E-state index contributed by atoms with van der Waals surface area (Å²) in [6, 6.07) is 5.57. The highest BCUT2D eigenvalue weighted by atomic mass is 16.4. The van der Waals surface area contributed by atoms with Crippen LogP contribution in [0.5, 0.6) is 0 Å². The van der Waals surface area contributed by atoms with Gasteiger partial charge in [-0.05, 0) is 24.3 Å².